The molecule has 1 heterocycles. The molecule has 0 atom stereocenters. The Labute approximate surface area is 212 Å². The number of hydrogen-bond acceptors (Lipinski definition) is 4. The van der Waals surface area contributed by atoms with Gasteiger partial charge < -0.3 is 14.5 Å². The third-order valence-electron chi connectivity index (χ3n) is 5.49. The highest BCUT2D eigenvalue weighted by molar-refractivity contribution is 7.11. The predicted molar refractivity (Wildman–Crippen MR) is 143 cm³/mol. The van der Waals surface area contributed by atoms with Crippen molar-refractivity contribution in [3.05, 3.63) is 99.8 Å². The molecule has 0 spiro atoms. The fourth-order valence-electron chi connectivity index (χ4n) is 3.66. The van der Waals surface area contributed by atoms with Gasteiger partial charge in [0.15, 0.2) is 0 Å². The molecule has 0 saturated carbocycles. The Balaban J connectivity index is 1.74. The van der Waals surface area contributed by atoms with Crippen molar-refractivity contribution in [1.29, 1.82) is 0 Å². The summed E-state index contributed by atoms with van der Waals surface area (Å²) in [5.74, 6) is -0.247. The van der Waals surface area contributed by atoms with Gasteiger partial charge in [-0.05, 0) is 49.6 Å². The summed E-state index contributed by atoms with van der Waals surface area (Å²) in [6.45, 7) is 6.70. The molecule has 0 radical (unpaired) electrons. The standard InChI is InChI=1S/C29H34N2O3S/c1-3-34-20-10-19-30(28(32)18-16-25-11-6-4-7-12-25)23-29(33)31(21-26-13-8-5-9-14-26)22-27-17-15-24(2)35-27/h4-9,11-18H,3,10,19-23H2,1-2H3. The lowest BCUT2D eigenvalue weighted by Crippen LogP contribution is -2.42. The molecule has 0 bridgehead atoms. The first-order chi connectivity index (χ1) is 17.0. The molecule has 3 aromatic rings. The number of amides is 2. The molecule has 0 aliphatic rings. The lowest BCUT2D eigenvalue weighted by atomic mass is 10.2. The van der Waals surface area contributed by atoms with E-state index in [9.17, 15) is 9.59 Å². The fourth-order valence-corrected chi connectivity index (χ4v) is 4.57. The Kier molecular flexibility index (Phi) is 10.7. The molecule has 35 heavy (non-hydrogen) atoms. The quantitative estimate of drug-likeness (QED) is 0.233. The number of ether oxygens (including phenoxy) is 1. The molecule has 0 fully saturated rings. The number of nitrogens with zero attached hydrogens (tertiary/aromatic N) is 2. The lowest BCUT2D eigenvalue weighted by Gasteiger charge is -2.27. The van der Waals surface area contributed by atoms with E-state index in [-0.39, 0.29) is 18.4 Å². The molecule has 3 rings (SSSR count). The van der Waals surface area contributed by atoms with Crippen LogP contribution in [-0.2, 0) is 27.4 Å². The molecule has 6 heteroatoms. The zero-order valence-electron chi connectivity index (χ0n) is 20.6. The number of benzene rings is 2. The van der Waals surface area contributed by atoms with Crippen molar-refractivity contribution < 1.29 is 14.3 Å². The van der Waals surface area contributed by atoms with Crippen LogP contribution >= 0.6 is 11.3 Å². The van der Waals surface area contributed by atoms with Gasteiger partial charge in [-0.2, -0.15) is 0 Å². The van der Waals surface area contributed by atoms with E-state index in [1.54, 1.807) is 28.4 Å². The summed E-state index contributed by atoms with van der Waals surface area (Å²) in [5, 5.41) is 0. The van der Waals surface area contributed by atoms with E-state index in [0.717, 1.165) is 16.0 Å². The highest BCUT2D eigenvalue weighted by Crippen LogP contribution is 2.19. The molecule has 0 saturated heterocycles. The maximum atomic E-state index is 13.5. The predicted octanol–water partition coefficient (Wildman–Crippen LogP) is 5.55. The van der Waals surface area contributed by atoms with Gasteiger partial charge in [0.1, 0.15) is 6.54 Å². The Hall–Kier alpha value is -3.22. The van der Waals surface area contributed by atoms with Gasteiger partial charge in [0, 0.05) is 42.1 Å². The molecular formula is C29H34N2O3S. The van der Waals surface area contributed by atoms with Gasteiger partial charge in [-0.25, -0.2) is 0 Å². The third-order valence-corrected chi connectivity index (χ3v) is 6.47. The van der Waals surface area contributed by atoms with Crippen molar-refractivity contribution in [2.75, 3.05) is 26.3 Å². The number of carbonyl (C=O) groups excluding carboxylic acids is 2. The van der Waals surface area contributed by atoms with E-state index < -0.39 is 0 Å². The lowest BCUT2D eigenvalue weighted by molar-refractivity contribution is -0.139. The largest absolute Gasteiger partial charge is 0.382 e. The first-order valence-corrected chi connectivity index (χ1v) is 12.8. The van der Waals surface area contributed by atoms with Crippen molar-refractivity contribution in [2.24, 2.45) is 0 Å². The second-order valence-corrected chi connectivity index (χ2v) is 9.67. The maximum Gasteiger partial charge on any atom is 0.247 e. The number of aryl methyl sites for hydroxylation is 1. The molecule has 1 aromatic heterocycles. The second kappa shape index (κ2) is 14.2. The van der Waals surface area contributed by atoms with Gasteiger partial charge in [-0.3, -0.25) is 9.59 Å². The third kappa shape index (κ3) is 9.15. The molecule has 2 amide bonds. The number of hydrogen-bond donors (Lipinski definition) is 0. The van der Waals surface area contributed by atoms with Crippen LogP contribution in [0, 0.1) is 6.92 Å². The first-order valence-electron chi connectivity index (χ1n) is 12.0. The summed E-state index contributed by atoms with van der Waals surface area (Å²) >= 11 is 1.69. The van der Waals surface area contributed by atoms with Crippen LogP contribution in [0.2, 0.25) is 0 Å². The smallest absolute Gasteiger partial charge is 0.247 e. The summed E-state index contributed by atoms with van der Waals surface area (Å²) in [4.78, 5) is 32.4. The summed E-state index contributed by atoms with van der Waals surface area (Å²) in [7, 11) is 0. The van der Waals surface area contributed by atoms with Crippen LogP contribution in [0.5, 0.6) is 0 Å². The average Bonchev–Trinajstić information content (AvgIpc) is 3.29. The fraction of sp³-hybridized carbons (Fsp3) is 0.310. The molecule has 0 unspecified atom stereocenters. The van der Waals surface area contributed by atoms with Crippen molar-refractivity contribution in [3.8, 4) is 0 Å². The van der Waals surface area contributed by atoms with Crippen LogP contribution < -0.4 is 0 Å². The topological polar surface area (TPSA) is 49.9 Å². The monoisotopic (exact) mass is 490 g/mol. The van der Waals surface area contributed by atoms with Gasteiger partial charge in [-0.15, -0.1) is 11.3 Å². The van der Waals surface area contributed by atoms with Crippen molar-refractivity contribution in [2.45, 2.75) is 33.4 Å². The normalized spacial score (nSPS) is 11.0. The van der Waals surface area contributed by atoms with Crippen molar-refractivity contribution in [3.63, 3.8) is 0 Å². The minimum atomic E-state index is -0.176. The number of thiophene rings is 1. The molecule has 0 aliphatic heterocycles. The van der Waals surface area contributed by atoms with Gasteiger partial charge in [0.25, 0.3) is 0 Å². The van der Waals surface area contributed by atoms with Gasteiger partial charge in [0.05, 0.1) is 6.54 Å². The Morgan fingerprint density at radius 2 is 1.63 bits per heavy atom. The maximum absolute atomic E-state index is 13.5. The first kappa shape index (κ1) is 26.4. The number of rotatable bonds is 13. The summed E-state index contributed by atoms with van der Waals surface area (Å²) < 4.78 is 5.46. The van der Waals surface area contributed by atoms with Crippen LogP contribution in [0.15, 0.2) is 78.9 Å². The van der Waals surface area contributed by atoms with E-state index >= 15 is 0 Å². The van der Waals surface area contributed by atoms with Crippen LogP contribution in [0.25, 0.3) is 6.08 Å². The van der Waals surface area contributed by atoms with E-state index in [2.05, 4.69) is 19.1 Å². The zero-order chi connectivity index (χ0) is 24.9. The summed E-state index contributed by atoms with van der Waals surface area (Å²) in [6.07, 6.45) is 4.01. The molecule has 2 aromatic carbocycles. The minimum Gasteiger partial charge on any atom is -0.382 e. The van der Waals surface area contributed by atoms with E-state index in [1.165, 1.54) is 4.88 Å². The van der Waals surface area contributed by atoms with Crippen molar-refractivity contribution >= 4 is 29.2 Å². The van der Waals surface area contributed by atoms with Crippen LogP contribution in [0.1, 0.15) is 34.2 Å². The van der Waals surface area contributed by atoms with E-state index in [1.807, 2.05) is 72.5 Å². The van der Waals surface area contributed by atoms with E-state index in [0.29, 0.717) is 39.3 Å². The highest BCUT2D eigenvalue weighted by Gasteiger charge is 2.21. The SMILES string of the molecule is CCOCCCN(CC(=O)N(Cc1ccccc1)Cc1ccc(C)s1)C(=O)C=Cc1ccccc1. The minimum absolute atomic E-state index is 0.0290. The van der Waals surface area contributed by atoms with Gasteiger partial charge >= 0.3 is 0 Å². The average molecular weight is 491 g/mol. The molecule has 184 valence electrons. The van der Waals surface area contributed by atoms with Crippen LogP contribution in [-0.4, -0.2) is 47.9 Å². The summed E-state index contributed by atoms with van der Waals surface area (Å²) in [5.41, 5.74) is 2.01. The molecule has 0 aliphatic carbocycles. The zero-order valence-corrected chi connectivity index (χ0v) is 21.4. The Morgan fingerprint density at radius 1 is 0.914 bits per heavy atom. The van der Waals surface area contributed by atoms with Gasteiger partial charge in [0.2, 0.25) is 11.8 Å². The summed E-state index contributed by atoms with van der Waals surface area (Å²) in [6, 6.07) is 23.8. The van der Waals surface area contributed by atoms with Gasteiger partial charge in [-0.1, -0.05) is 60.7 Å². The van der Waals surface area contributed by atoms with Crippen molar-refractivity contribution in [1.82, 2.24) is 9.80 Å². The van der Waals surface area contributed by atoms with Crippen LogP contribution in [0.4, 0.5) is 0 Å². The van der Waals surface area contributed by atoms with E-state index in [4.69, 9.17) is 4.74 Å². The number of carbonyl (C=O) groups is 2. The molecule has 0 N–H and O–H groups in total. The van der Waals surface area contributed by atoms with Crippen LogP contribution in [0.3, 0.4) is 0 Å². The Bertz CT molecular complexity index is 1080. The molecule has 5 nitrogen and oxygen atoms in total. The Morgan fingerprint density at radius 3 is 2.29 bits per heavy atom. The second-order valence-electron chi connectivity index (χ2n) is 8.30. The molecular weight excluding hydrogens is 456 g/mol. The highest BCUT2D eigenvalue weighted by atomic mass is 32.1.